The number of para-hydroxylation sites is 1. The summed E-state index contributed by atoms with van der Waals surface area (Å²) in [7, 11) is 1.55. The maximum Gasteiger partial charge on any atom is 0.311 e. The van der Waals surface area contributed by atoms with Gasteiger partial charge in [-0.25, -0.2) is 0 Å². The summed E-state index contributed by atoms with van der Waals surface area (Å²) in [6.07, 6.45) is 0.979. The molecule has 0 radical (unpaired) electrons. The third-order valence-electron chi connectivity index (χ3n) is 4.02. The Kier molecular flexibility index (Phi) is 5.22. The van der Waals surface area contributed by atoms with Crippen LogP contribution in [0.5, 0.6) is 5.75 Å². The van der Waals surface area contributed by atoms with Gasteiger partial charge in [0.2, 0.25) is 0 Å². The van der Waals surface area contributed by atoms with Crippen LogP contribution in [0, 0.1) is 0 Å². The number of aromatic nitrogens is 1. The topological polar surface area (TPSA) is 80.4 Å². The number of amides is 1. The van der Waals surface area contributed by atoms with E-state index in [4.69, 9.17) is 9.47 Å². The summed E-state index contributed by atoms with van der Waals surface area (Å²) in [5, 5.41) is 3.68. The Bertz CT molecular complexity index is 932. The summed E-state index contributed by atoms with van der Waals surface area (Å²) in [6, 6.07) is 14.7. The predicted octanol–water partition coefficient (Wildman–Crippen LogP) is 3.29. The summed E-state index contributed by atoms with van der Waals surface area (Å²) in [6.45, 7) is 1.54. The van der Waals surface area contributed by atoms with Crippen LogP contribution in [0.15, 0.2) is 54.7 Å². The van der Waals surface area contributed by atoms with Gasteiger partial charge in [0.05, 0.1) is 13.5 Å². The molecule has 1 amide bonds. The maximum absolute atomic E-state index is 12.2. The molecule has 0 aliphatic heterocycles. The van der Waals surface area contributed by atoms with Crippen LogP contribution in [0.25, 0.3) is 10.9 Å². The van der Waals surface area contributed by atoms with Crippen molar-refractivity contribution in [3.05, 3.63) is 60.3 Å². The molecule has 1 heterocycles. The van der Waals surface area contributed by atoms with Gasteiger partial charge >= 0.3 is 5.97 Å². The lowest BCUT2D eigenvalue weighted by Crippen LogP contribution is -2.30. The number of ether oxygens (including phenoxy) is 2. The Labute approximate surface area is 151 Å². The summed E-state index contributed by atoms with van der Waals surface area (Å²) >= 11 is 0. The number of benzene rings is 2. The van der Waals surface area contributed by atoms with Crippen LogP contribution >= 0.6 is 0 Å². The summed E-state index contributed by atoms with van der Waals surface area (Å²) in [5.41, 5.74) is 2.37. The fraction of sp³-hybridized carbons (Fsp3) is 0.200. The molecule has 0 spiro atoms. The molecule has 0 saturated heterocycles. The number of rotatable bonds is 6. The first-order chi connectivity index (χ1) is 12.6. The van der Waals surface area contributed by atoms with E-state index in [1.54, 1.807) is 44.5 Å². The molecule has 6 heteroatoms. The van der Waals surface area contributed by atoms with E-state index in [0.29, 0.717) is 11.4 Å². The van der Waals surface area contributed by atoms with Gasteiger partial charge in [-0.15, -0.1) is 0 Å². The Morgan fingerprint density at radius 1 is 1.15 bits per heavy atom. The van der Waals surface area contributed by atoms with E-state index in [1.807, 2.05) is 24.3 Å². The molecule has 0 aliphatic rings. The van der Waals surface area contributed by atoms with Crippen molar-refractivity contribution in [2.45, 2.75) is 19.4 Å². The zero-order valence-corrected chi connectivity index (χ0v) is 14.6. The molecule has 3 rings (SSSR count). The van der Waals surface area contributed by atoms with Gasteiger partial charge in [-0.05, 0) is 30.7 Å². The largest absolute Gasteiger partial charge is 0.497 e. The van der Waals surface area contributed by atoms with Gasteiger partial charge < -0.3 is 19.8 Å². The Balaban J connectivity index is 1.58. The molecule has 0 unspecified atom stereocenters. The molecule has 1 atom stereocenters. The zero-order chi connectivity index (χ0) is 18.5. The predicted molar refractivity (Wildman–Crippen MR) is 99.2 cm³/mol. The van der Waals surface area contributed by atoms with Crippen molar-refractivity contribution < 1.29 is 19.1 Å². The van der Waals surface area contributed by atoms with E-state index in [2.05, 4.69) is 10.3 Å². The van der Waals surface area contributed by atoms with Crippen molar-refractivity contribution in [2.24, 2.45) is 0 Å². The summed E-state index contributed by atoms with van der Waals surface area (Å²) < 4.78 is 10.4. The number of hydrogen-bond acceptors (Lipinski definition) is 4. The van der Waals surface area contributed by atoms with Crippen LogP contribution in [-0.2, 0) is 20.7 Å². The molecule has 0 aliphatic carbocycles. The minimum atomic E-state index is -0.904. The first-order valence-electron chi connectivity index (χ1n) is 8.26. The van der Waals surface area contributed by atoms with E-state index in [0.717, 1.165) is 16.5 Å². The molecule has 2 aromatic carbocycles. The number of fused-ring (bicyclic) bond motifs is 1. The molecule has 1 aromatic heterocycles. The van der Waals surface area contributed by atoms with Crippen LogP contribution in [0.1, 0.15) is 12.5 Å². The van der Waals surface area contributed by atoms with Crippen LogP contribution in [0.4, 0.5) is 5.69 Å². The quantitative estimate of drug-likeness (QED) is 0.667. The third-order valence-corrected chi connectivity index (χ3v) is 4.02. The van der Waals surface area contributed by atoms with Crippen LogP contribution in [-0.4, -0.2) is 30.1 Å². The number of hydrogen-bond donors (Lipinski definition) is 2. The lowest BCUT2D eigenvalue weighted by molar-refractivity contribution is -0.152. The normalized spacial score (nSPS) is 11.8. The van der Waals surface area contributed by atoms with E-state index < -0.39 is 18.0 Å². The van der Waals surface area contributed by atoms with Crippen molar-refractivity contribution in [3.8, 4) is 5.75 Å². The first kappa shape index (κ1) is 17.5. The van der Waals surface area contributed by atoms with Crippen molar-refractivity contribution >= 4 is 28.5 Å². The minimum absolute atomic E-state index is 0.0980. The number of methoxy groups -OCH3 is 1. The fourth-order valence-corrected chi connectivity index (χ4v) is 2.67. The molecule has 0 bridgehead atoms. The highest BCUT2D eigenvalue weighted by Gasteiger charge is 2.19. The van der Waals surface area contributed by atoms with Crippen molar-refractivity contribution in [2.75, 3.05) is 12.4 Å². The number of H-pyrrole nitrogens is 1. The monoisotopic (exact) mass is 352 g/mol. The number of esters is 1. The SMILES string of the molecule is COc1cccc(NC(=O)[C@@H](C)OC(=O)Cc2c[nH]c3ccccc23)c1. The smallest absolute Gasteiger partial charge is 0.311 e. The van der Waals surface area contributed by atoms with E-state index in [1.165, 1.54) is 0 Å². The van der Waals surface area contributed by atoms with Gasteiger partial charge in [0.25, 0.3) is 5.91 Å². The maximum atomic E-state index is 12.2. The van der Waals surface area contributed by atoms with E-state index >= 15 is 0 Å². The standard InChI is InChI=1S/C20H20N2O4/c1-13(20(24)22-15-6-5-7-16(11-15)25-2)26-19(23)10-14-12-21-18-9-4-3-8-17(14)18/h3-9,11-13,21H,10H2,1-2H3,(H,22,24)/t13-/m1/s1. The molecular weight excluding hydrogens is 332 g/mol. The highest BCUT2D eigenvalue weighted by atomic mass is 16.5. The molecule has 0 saturated carbocycles. The molecule has 26 heavy (non-hydrogen) atoms. The number of aromatic amines is 1. The second-order valence-electron chi connectivity index (χ2n) is 5.89. The highest BCUT2D eigenvalue weighted by Crippen LogP contribution is 2.19. The van der Waals surface area contributed by atoms with Crippen LogP contribution < -0.4 is 10.1 Å². The molecular formula is C20H20N2O4. The van der Waals surface area contributed by atoms with Crippen LogP contribution in [0.3, 0.4) is 0 Å². The molecule has 2 N–H and O–H groups in total. The molecule has 0 fully saturated rings. The summed E-state index contributed by atoms with van der Waals surface area (Å²) in [5.74, 6) is -0.222. The van der Waals surface area contributed by atoms with Gasteiger partial charge in [0.15, 0.2) is 6.10 Å². The number of anilines is 1. The highest BCUT2D eigenvalue weighted by molar-refractivity contribution is 5.95. The van der Waals surface area contributed by atoms with Gasteiger partial charge in [-0.1, -0.05) is 24.3 Å². The first-order valence-corrected chi connectivity index (χ1v) is 8.26. The average Bonchev–Trinajstić information content (AvgIpc) is 3.04. The van der Waals surface area contributed by atoms with Crippen LogP contribution in [0.2, 0.25) is 0 Å². The van der Waals surface area contributed by atoms with E-state index in [-0.39, 0.29) is 6.42 Å². The number of carbonyl (C=O) groups excluding carboxylic acids is 2. The molecule has 134 valence electrons. The van der Waals surface area contributed by atoms with Gasteiger partial charge in [-0.2, -0.15) is 0 Å². The zero-order valence-electron chi connectivity index (χ0n) is 14.6. The minimum Gasteiger partial charge on any atom is -0.497 e. The lowest BCUT2D eigenvalue weighted by Gasteiger charge is -2.14. The fourth-order valence-electron chi connectivity index (χ4n) is 2.67. The second kappa shape index (κ2) is 7.74. The Hall–Kier alpha value is -3.28. The van der Waals surface area contributed by atoms with Gasteiger partial charge in [-0.3, -0.25) is 9.59 Å². The third kappa shape index (κ3) is 4.03. The second-order valence-corrected chi connectivity index (χ2v) is 5.89. The number of nitrogens with one attached hydrogen (secondary N) is 2. The Morgan fingerprint density at radius 2 is 1.96 bits per heavy atom. The van der Waals surface area contributed by atoms with Crippen molar-refractivity contribution in [3.63, 3.8) is 0 Å². The van der Waals surface area contributed by atoms with Crippen molar-refractivity contribution in [1.82, 2.24) is 4.98 Å². The molecule has 6 nitrogen and oxygen atoms in total. The summed E-state index contributed by atoms with van der Waals surface area (Å²) in [4.78, 5) is 27.5. The lowest BCUT2D eigenvalue weighted by atomic mass is 10.1. The molecule has 3 aromatic rings. The van der Waals surface area contributed by atoms with Gasteiger partial charge in [0, 0.05) is 28.9 Å². The average molecular weight is 352 g/mol. The number of carbonyl (C=O) groups is 2. The Morgan fingerprint density at radius 3 is 2.77 bits per heavy atom. The van der Waals surface area contributed by atoms with E-state index in [9.17, 15) is 9.59 Å². The van der Waals surface area contributed by atoms with Crippen molar-refractivity contribution in [1.29, 1.82) is 0 Å². The van der Waals surface area contributed by atoms with Gasteiger partial charge in [0.1, 0.15) is 5.75 Å².